The molecule has 4 heteroatoms. The minimum absolute atomic E-state index is 0.238. The van der Waals surface area contributed by atoms with Crippen LogP contribution < -0.4 is 4.90 Å². The molecule has 0 bridgehead atoms. The highest BCUT2D eigenvalue weighted by molar-refractivity contribution is 9.10. The van der Waals surface area contributed by atoms with Gasteiger partial charge in [0.15, 0.2) is 0 Å². The molecule has 0 aromatic heterocycles. The molecule has 3 nitrogen and oxygen atoms in total. The van der Waals surface area contributed by atoms with Crippen LogP contribution in [0.1, 0.15) is 24.0 Å². The number of aliphatic hydroxyl groups is 1. The Balaban J connectivity index is 2.02. The van der Waals surface area contributed by atoms with Gasteiger partial charge in [-0.3, -0.25) is 0 Å². The predicted molar refractivity (Wildman–Crippen MR) is 75.0 cm³/mol. The third-order valence-electron chi connectivity index (χ3n) is 3.94. The quantitative estimate of drug-likeness (QED) is 0.911. The van der Waals surface area contributed by atoms with E-state index in [9.17, 15) is 5.11 Å². The molecule has 2 aliphatic rings. The third-order valence-corrected chi connectivity index (χ3v) is 4.40. The van der Waals surface area contributed by atoms with E-state index < -0.39 is 0 Å². The van der Waals surface area contributed by atoms with Crippen molar-refractivity contribution in [1.29, 1.82) is 0 Å². The van der Waals surface area contributed by atoms with Gasteiger partial charge >= 0.3 is 0 Å². The summed E-state index contributed by atoms with van der Waals surface area (Å²) in [6.45, 7) is 2.79. The standard InChI is InChI=1S/C14H18BrNO2/c15-11-6-10-3-5-18-9-13(10)14(7-11)16-4-1-2-12(16)8-17/h6-7,12,17H,1-5,8-9H2/t12-/m1/s1. The second-order valence-electron chi connectivity index (χ2n) is 5.04. The summed E-state index contributed by atoms with van der Waals surface area (Å²) in [7, 11) is 0. The van der Waals surface area contributed by atoms with Gasteiger partial charge in [0, 0.05) is 22.3 Å². The molecule has 0 saturated carbocycles. The van der Waals surface area contributed by atoms with Crippen molar-refractivity contribution in [2.75, 3.05) is 24.7 Å². The van der Waals surface area contributed by atoms with Gasteiger partial charge in [-0.25, -0.2) is 0 Å². The van der Waals surface area contributed by atoms with Crippen LogP contribution in [0.4, 0.5) is 5.69 Å². The van der Waals surface area contributed by atoms with E-state index in [0.717, 1.165) is 36.9 Å². The SMILES string of the molecule is OC[C@H]1CCCN1c1cc(Br)cc2c1COCC2. The van der Waals surface area contributed by atoms with Crippen LogP contribution in [0.3, 0.4) is 0 Å². The molecule has 2 aliphatic heterocycles. The van der Waals surface area contributed by atoms with Crippen LogP contribution in [0.2, 0.25) is 0 Å². The van der Waals surface area contributed by atoms with Crippen LogP contribution in [-0.4, -0.2) is 30.9 Å². The Hall–Kier alpha value is -0.580. The van der Waals surface area contributed by atoms with Gasteiger partial charge in [0.25, 0.3) is 0 Å². The molecular formula is C14H18BrNO2. The van der Waals surface area contributed by atoms with Gasteiger partial charge in [-0.05, 0) is 37.0 Å². The van der Waals surface area contributed by atoms with E-state index in [1.807, 2.05) is 0 Å². The Kier molecular flexibility index (Phi) is 3.59. The highest BCUT2D eigenvalue weighted by atomic mass is 79.9. The molecule has 0 spiro atoms. The molecule has 3 rings (SSSR count). The maximum Gasteiger partial charge on any atom is 0.0739 e. The van der Waals surface area contributed by atoms with E-state index in [2.05, 4.69) is 33.0 Å². The number of nitrogens with zero attached hydrogens (tertiary/aromatic N) is 1. The summed E-state index contributed by atoms with van der Waals surface area (Å²) in [5, 5.41) is 9.49. The minimum atomic E-state index is 0.238. The molecule has 1 aromatic rings. The number of halogens is 1. The van der Waals surface area contributed by atoms with Crippen molar-refractivity contribution in [3.63, 3.8) is 0 Å². The molecule has 1 fully saturated rings. The number of benzene rings is 1. The van der Waals surface area contributed by atoms with Gasteiger partial charge in [-0.2, -0.15) is 0 Å². The van der Waals surface area contributed by atoms with Gasteiger partial charge < -0.3 is 14.7 Å². The fourth-order valence-corrected chi connectivity index (χ4v) is 3.52. The molecule has 1 saturated heterocycles. The summed E-state index contributed by atoms with van der Waals surface area (Å²) in [4.78, 5) is 2.35. The Morgan fingerprint density at radius 3 is 3.17 bits per heavy atom. The number of hydrogen-bond acceptors (Lipinski definition) is 3. The summed E-state index contributed by atoms with van der Waals surface area (Å²) in [5.74, 6) is 0. The number of anilines is 1. The molecule has 1 N–H and O–H groups in total. The lowest BCUT2D eigenvalue weighted by Crippen LogP contribution is -2.33. The first-order valence-corrected chi connectivity index (χ1v) is 7.35. The van der Waals surface area contributed by atoms with E-state index in [1.54, 1.807) is 0 Å². The van der Waals surface area contributed by atoms with Crippen molar-refractivity contribution in [2.45, 2.75) is 31.9 Å². The van der Waals surface area contributed by atoms with Crippen molar-refractivity contribution < 1.29 is 9.84 Å². The lowest BCUT2D eigenvalue weighted by molar-refractivity contribution is 0.111. The fraction of sp³-hybridized carbons (Fsp3) is 0.571. The molecule has 2 heterocycles. The van der Waals surface area contributed by atoms with Crippen molar-refractivity contribution in [1.82, 2.24) is 0 Å². The Labute approximate surface area is 116 Å². The molecule has 98 valence electrons. The van der Waals surface area contributed by atoms with E-state index in [1.165, 1.54) is 16.8 Å². The maximum absolute atomic E-state index is 9.49. The zero-order chi connectivity index (χ0) is 12.5. The topological polar surface area (TPSA) is 32.7 Å². The summed E-state index contributed by atoms with van der Waals surface area (Å²) in [5.41, 5.74) is 3.94. The molecule has 1 aromatic carbocycles. The molecular weight excluding hydrogens is 294 g/mol. The van der Waals surface area contributed by atoms with Crippen molar-refractivity contribution in [3.8, 4) is 0 Å². The van der Waals surface area contributed by atoms with Crippen molar-refractivity contribution >= 4 is 21.6 Å². The lowest BCUT2D eigenvalue weighted by atomic mass is 10.0. The minimum Gasteiger partial charge on any atom is -0.394 e. The average Bonchev–Trinajstić information content (AvgIpc) is 2.85. The maximum atomic E-state index is 9.49. The zero-order valence-electron chi connectivity index (χ0n) is 10.4. The molecule has 18 heavy (non-hydrogen) atoms. The first-order valence-electron chi connectivity index (χ1n) is 6.56. The molecule has 1 atom stereocenters. The monoisotopic (exact) mass is 311 g/mol. The molecule has 0 radical (unpaired) electrons. The van der Waals surface area contributed by atoms with Crippen molar-refractivity contribution in [2.24, 2.45) is 0 Å². The van der Waals surface area contributed by atoms with Gasteiger partial charge in [0.05, 0.1) is 25.9 Å². The van der Waals surface area contributed by atoms with Crippen LogP contribution in [0, 0.1) is 0 Å². The average molecular weight is 312 g/mol. The van der Waals surface area contributed by atoms with Gasteiger partial charge in [0.2, 0.25) is 0 Å². The molecule has 0 amide bonds. The summed E-state index contributed by atoms with van der Waals surface area (Å²) < 4.78 is 6.73. The van der Waals surface area contributed by atoms with E-state index in [-0.39, 0.29) is 12.6 Å². The Morgan fingerprint density at radius 2 is 2.33 bits per heavy atom. The predicted octanol–water partition coefficient (Wildman–Crippen LogP) is 2.48. The normalized spacial score (nSPS) is 23.2. The highest BCUT2D eigenvalue weighted by Gasteiger charge is 2.27. The summed E-state index contributed by atoms with van der Waals surface area (Å²) in [6, 6.07) is 4.64. The first kappa shape index (κ1) is 12.5. The number of aliphatic hydroxyl groups excluding tert-OH is 1. The van der Waals surface area contributed by atoms with Gasteiger partial charge in [-0.1, -0.05) is 15.9 Å². The number of ether oxygens (including phenoxy) is 1. The van der Waals surface area contributed by atoms with Crippen LogP contribution in [0.5, 0.6) is 0 Å². The zero-order valence-corrected chi connectivity index (χ0v) is 11.9. The van der Waals surface area contributed by atoms with E-state index >= 15 is 0 Å². The van der Waals surface area contributed by atoms with Crippen LogP contribution in [-0.2, 0) is 17.8 Å². The van der Waals surface area contributed by atoms with E-state index in [0.29, 0.717) is 6.61 Å². The Bertz CT molecular complexity index is 450. The molecule has 0 aliphatic carbocycles. The largest absolute Gasteiger partial charge is 0.394 e. The second-order valence-corrected chi connectivity index (χ2v) is 5.95. The van der Waals surface area contributed by atoms with Crippen LogP contribution in [0.15, 0.2) is 16.6 Å². The lowest BCUT2D eigenvalue weighted by Gasteiger charge is -2.30. The van der Waals surface area contributed by atoms with Gasteiger partial charge in [0.1, 0.15) is 0 Å². The first-order chi connectivity index (χ1) is 8.79. The Morgan fingerprint density at radius 1 is 1.44 bits per heavy atom. The summed E-state index contributed by atoms with van der Waals surface area (Å²) in [6.07, 6.45) is 3.23. The summed E-state index contributed by atoms with van der Waals surface area (Å²) >= 11 is 3.60. The van der Waals surface area contributed by atoms with Gasteiger partial charge in [-0.15, -0.1) is 0 Å². The van der Waals surface area contributed by atoms with E-state index in [4.69, 9.17) is 4.74 Å². The van der Waals surface area contributed by atoms with Crippen molar-refractivity contribution in [3.05, 3.63) is 27.7 Å². The number of rotatable bonds is 2. The third kappa shape index (κ3) is 2.17. The molecule has 0 unspecified atom stereocenters. The van der Waals surface area contributed by atoms with Crippen LogP contribution >= 0.6 is 15.9 Å². The number of hydrogen-bond donors (Lipinski definition) is 1. The second kappa shape index (κ2) is 5.19. The fourth-order valence-electron chi connectivity index (χ4n) is 3.02. The highest BCUT2D eigenvalue weighted by Crippen LogP contribution is 2.35. The smallest absolute Gasteiger partial charge is 0.0739 e. The number of fused-ring (bicyclic) bond motifs is 1. The van der Waals surface area contributed by atoms with Crippen LogP contribution in [0.25, 0.3) is 0 Å².